The Morgan fingerprint density at radius 3 is 2.50 bits per heavy atom. The monoisotopic (exact) mass is 487 g/mol. The molecule has 1 aliphatic rings. The first-order valence-electron chi connectivity index (χ1n) is 9.59. The number of hydrogen-bond donors (Lipinski definition) is 1. The summed E-state index contributed by atoms with van der Waals surface area (Å²) >= 11 is 1.11. The van der Waals surface area contributed by atoms with Crippen molar-refractivity contribution in [1.29, 1.82) is 0 Å². The van der Waals surface area contributed by atoms with Crippen LogP contribution < -0.4 is 5.32 Å². The van der Waals surface area contributed by atoms with Gasteiger partial charge in [0, 0.05) is 19.0 Å². The first-order chi connectivity index (χ1) is 15.1. The number of thiazole rings is 1. The lowest BCUT2D eigenvalue weighted by Gasteiger charge is -2.31. The molecule has 0 unspecified atom stereocenters. The Morgan fingerprint density at radius 2 is 1.81 bits per heavy atom. The second-order valence-electron chi connectivity index (χ2n) is 7.29. The van der Waals surface area contributed by atoms with Gasteiger partial charge in [0.2, 0.25) is 15.9 Å². The fraction of sp³-hybridized carbons (Fsp3) is 0.300. The van der Waals surface area contributed by atoms with Crippen LogP contribution in [0.5, 0.6) is 0 Å². The number of alkyl halides is 3. The quantitative estimate of drug-likeness (QED) is 0.550. The number of rotatable bonds is 4. The van der Waals surface area contributed by atoms with Crippen molar-refractivity contribution in [3.8, 4) is 0 Å². The van der Waals surface area contributed by atoms with Gasteiger partial charge in [-0.05, 0) is 43.2 Å². The molecule has 0 radical (unpaired) electrons. The number of benzene rings is 2. The van der Waals surface area contributed by atoms with E-state index in [2.05, 4.69) is 10.3 Å². The number of nitrogens with zero attached hydrogens (tertiary/aromatic N) is 2. The van der Waals surface area contributed by atoms with Gasteiger partial charge in [-0.2, -0.15) is 17.5 Å². The van der Waals surface area contributed by atoms with Crippen LogP contribution in [0.4, 0.5) is 22.7 Å². The normalized spacial score (nSPS) is 16.4. The molecule has 4 rings (SSSR count). The molecule has 1 N–H and O–H groups in total. The zero-order valence-corrected chi connectivity index (χ0v) is 18.0. The van der Waals surface area contributed by atoms with Crippen molar-refractivity contribution in [3.63, 3.8) is 0 Å². The highest BCUT2D eigenvalue weighted by Crippen LogP contribution is 2.36. The Balaban J connectivity index is 1.44. The lowest BCUT2D eigenvalue weighted by atomic mass is 9.97. The lowest BCUT2D eigenvalue weighted by molar-refractivity contribution is -0.139. The minimum atomic E-state index is -4.80. The van der Waals surface area contributed by atoms with Gasteiger partial charge in [0.25, 0.3) is 0 Å². The molecule has 2 heterocycles. The number of fused-ring (bicyclic) bond motifs is 1. The molecule has 0 bridgehead atoms. The Hall–Kier alpha value is -2.57. The summed E-state index contributed by atoms with van der Waals surface area (Å²) in [7, 11) is -4.37. The fourth-order valence-corrected chi connectivity index (χ4v) is 6.16. The highest BCUT2D eigenvalue weighted by Gasteiger charge is 2.40. The van der Waals surface area contributed by atoms with Gasteiger partial charge in [0.1, 0.15) is 5.82 Å². The van der Waals surface area contributed by atoms with E-state index in [9.17, 15) is 30.8 Å². The van der Waals surface area contributed by atoms with E-state index in [0.717, 1.165) is 33.8 Å². The minimum Gasteiger partial charge on any atom is -0.302 e. The molecule has 1 fully saturated rings. The molecule has 0 aliphatic carbocycles. The Labute approximate surface area is 184 Å². The maximum absolute atomic E-state index is 13.3. The highest BCUT2D eigenvalue weighted by molar-refractivity contribution is 7.89. The second kappa shape index (κ2) is 8.41. The number of aromatic nitrogens is 1. The van der Waals surface area contributed by atoms with Gasteiger partial charge in [0.05, 0.1) is 20.7 Å². The van der Waals surface area contributed by atoms with Crippen molar-refractivity contribution >= 4 is 42.6 Å². The molecule has 1 saturated heterocycles. The molecule has 2 aromatic carbocycles. The number of carbonyl (C=O) groups is 1. The smallest absolute Gasteiger partial charge is 0.302 e. The zero-order chi connectivity index (χ0) is 23.1. The number of hydrogen-bond acceptors (Lipinski definition) is 5. The van der Waals surface area contributed by atoms with E-state index >= 15 is 0 Å². The predicted octanol–water partition coefficient (Wildman–Crippen LogP) is 4.49. The molecular formula is C20H17F4N3O3S2. The molecule has 32 heavy (non-hydrogen) atoms. The molecule has 1 amide bonds. The molecule has 0 spiro atoms. The van der Waals surface area contributed by atoms with E-state index in [1.807, 2.05) is 0 Å². The fourth-order valence-electron chi connectivity index (χ4n) is 3.58. The van der Waals surface area contributed by atoms with Crippen LogP contribution in [0.2, 0.25) is 0 Å². The molecule has 0 saturated carbocycles. The van der Waals surface area contributed by atoms with E-state index in [4.69, 9.17) is 0 Å². The summed E-state index contributed by atoms with van der Waals surface area (Å²) in [5.41, 5.74) is -0.678. The van der Waals surface area contributed by atoms with Gasteiger partial charge >= 0.3 is 6.18 Å². The van der Waals surface area contributed by atoms with Crippen LogP contribution in [0.3, 0.4) is 0 Å². The lowest BCUT2D eigenvalue weighted by Crippen LogP contribution is -2.41. The summed E-state index contributed by atoms with van der Waals surface area (Å²) in [5, 5.41) is 2.96. The van der Waals surface area contributed by atoms with Gasteiger partial charge in [-0.15, -0.1) is 0 Å². The van der Waals surface area contributed by atoms with Crippen LogP contribution >= 0.6 is 11.3 Å². The zero-order valence-electron chi connectivity index (χ0n) is 16.4. The topological polar surface area (TPSA) is 79.4 Å². The van der Waals surface area contributed by atoms with Crippen LogP contribution in [0.1, 0.15) is 18.4 Å². The number of halogens is 4. The standard InChI is InChI=1S/C20H17F4N3O3S2/c21-13-5-6-15-16(11-13)31-19(25-15)26-18(28)12-7-9-27(10-8-12)32(29,30)17-4-2-1-3-14(17)20(22,23)24/h1-6,11-12H,7-10H2,(H,25,26,28). The molecular weight excluding hydrogens is 470 g/mol. The summed E-state index contributed by atoms with van der Waals surface area (Å²) in [6, 6.07) is 8.12. The molecule has 0 atom stereocenters. The number of sulfonamides is 1. The third-order valence-electron chi connectivity index (χ3n) is 5.22. The van der Waals surface area contributed by atoms with Gasteiger partial charge < -0.3 is 5.32 Å². The van der Waals surface area contributed by atoms with E-state index < -0.39 is 38.4 Å². The molecule has 6 nitrogen and oxygen atoms in total. The van der Waals surface area contributed by atoms with Crippen LogP contribution in [0, 0.1) is 11.7 Å². The van der Waals surface area contributed by atoms with Crippen LogP contribution in [-0.2, 0) is 21.0 Å². The van der Waals surface area contributed by atoms with Crippen molar-refractivity contribution in [2.24, 2.45) is 5.92 Å². The number of carbonyl (C=O) groups excluding carboxylic acids is 1. The van der Waals surface area contributed by atoms with Crippen molar-refractivity contribution < 1.29 is 30.8 Å². The third-order valence-corrected chi connectivity index (χ3v) is 8.11. The van der Waals surface area contributed by atoms with Gasteiger partial charge in [-0.3, -0.25) is 4.79 Å². The van der Waals surface area contributed by atoms with Crippen LogP contribution in [-0.4, -0.2) is 36.7 Å². The average molecular weight is 488 g/mol. The number of amides is 1. The summed E-state index contributed by atoms with van der Waals surface area (Å²) < 4.78 is 80.3. The molecule has 1 aliphatic heterocycles. The maximum atomic E-state index is 13.3. The number of piperidine rings is 1. The van der Waals surface area contributed by atoms with Crippen molar-refractivity contribution in [2.75, 3.05) is 18.4 Å². The van der Waals surface area contributed by atoms with Crippen molar-refractivity contribution in [1.82, 2.24) is 9.29 Å². The SMILES string of the molecule is O=C(Nc1nc2ccc(F)cc2s1)C1CCN(S(=O)(=O)c2ccccc2C(F)(F)F)CC1. The van der Waals surface area contributed by atoms with Gasteiger partial charge in [-0.1, -0.05) is 23.5 Å². The summed E-state index contributed by atoms with van der Waals surface area (Å²) in [6.07, 6.45) is -4.50. The Bertz CT molecular complexity index is 1270. The van der Waals surface area contributed by atoms with E-state index in [0.29, 0.717) is 15.3 Å². The molecule has 3 aromatic rings. The number of nitrogens with one attached hydrogen (secondary N) is 1. The first kappa shape index (κ1) is 22.6. The van der Waals surface area contributed by atoms with Gasteiger partial charge in [0.15, 0.2) is 5.13 Å². The largest absolute Gasteiger partial charge is 0.417 e. The molecule has 170 valence electrons. The summed E-state index contributed by atoms with van der Waals surface area (Å²) in [5.74, 6) is -1.31. The predicted molar refractivity (Wildman–Crippen MR) is 111 cm³/mol. The van der Waals surface area contributed by atoms with Crippen molar-refractivity contribution in [2.45, 2.75) is 23.9 Å². The average Bonchev–Trinajstić information content (AvgIpc) is 3.14. The molecule has 1 aromatic heterocycles. The Morgan fingerprint density at radius 1 is 1.12 bits per heavy atom. The minimum absolute atomic E-state index is 0.0856. The second-order valence-corrected chi connectivity index (χ2v) is 10.2. The van der Waals surface area contributed by atoms with Crippen LogP contribution in [0.25, 0.3) is 10.2 Å². The number of anilines is 1. The maximum Gasteiger partial charge on any atom is 0.417 e. The van der Waals surface area contributed by atoms with Gasteiger partial charge in [-0.25, -0.2) is 17.8 Å². The molecule has 12 heteroatoms. The third kappa shape index (κ3) is 4.48. The van der Waals surface area contributed by atoms with E-state index in [1.54, 1.807) is 0 Å². The highest BCUT2D eigenvalue weighted by atomic mass is 32.2. The Kier molecular flexibility index (Phi) is 5.94. The first-order valence-corrected chi connectivity index (χ1v) is 11.8. The van der Waals surface area contributed by atoms with Crippen LogP contribution in [0.15, 0.2) is 47.4 Å². The van der Waals surface area contributed by atoms with E-state index in [1.165, 1.54) is 24.3 Å². The summed E-state index contributed by atoms with van der Waals surface area (Å²) in [4.78, 5) is 16.0. The van der Waals surface area contributed by atoms with Crippen molar-refractivity contribution in [3.05, 3.63) is 53.8 Å². The summed E-state index contributed by atoms with van der Waals surface area (Å²) in [6.45, 7) is -0.171. The van der Waals surface area contributed by atoms with E-state index in [-0.39, 0.29) is 31.8 Å².